The van der Waals surface area contributed by atoms with Crippen LogP contribution in [-0.2, 0) is 11.3 Å². The van der Waals surface area contributed by atoms with Crippen molar-refractivity contribution in [3.8, 4) is 10.7 Å². The van der Waals surface area contributed by atoms with Gasteiger partial charge in [-0.1, -0.05) is 48.2 Å². The van der Waals surface area contributed by atoms with Gasteiger partial charge in [0.15, 0.2) is 11.0 Å². The van der Waals surface area contributed by atoms with Crippen molar-refractivity contribution in [2.45, 2.75) is 42.8 Å². The number of thiophene rings is 1. The summed E-state index contributed by atoms with van der Waals surface area (Å²) in [4.78, 5) is 13.9. The lowest BCUT2D eigenvalue weighted by atomic mass is 10.1. The third-order valence-corrected chi connectivity index (χ3v) is 6.36. The summed E-state index contributed by atoms with van der Waals surface area (Å²) >= 11 is 3.12. The zero-order valence-corrected chi connectivity index (χ0v) is 16.1. The SMILES string of the molecule is CCn1c(S[C@H](C(=O)NC2CC2)c2ccccc2)nnc1-c1cccs1. The highest BCUT2D eigenvalue weighted by Crippen LogP contribution is 2.37. The van der Waals surface area contributed by atoms with Crippen LogP contribution in [0.25, 0.3) is 10.7 Å². The number of amides is 1. The number of thioether (sulfide) groups is 1. The highest BCUT2D eigenvalue weighted by Gasteiger charge is 2.30. The van der Waals surface area contributed by atoms with Crippen molar-refractivity contribution in [3.63, 3.8) is 0 Å². The standard InChI is InChI=1S/C19H20N4OS2/c1-2-23-17(15-9-6-12-25-15)21-22-19(23)26-16(13-7-4-3-5-8-13)18(24)20-14-10-11-14/h3-9,12,14,16H,2,10-11H2,1H3,(H,20,24)/t16-/m0/s1. The van der Waals surface area contributed by atoms with Crippen molar-refractivity contribution in [2.75, 3.05) is 0 Å². The second-order valence-electron chi connectivity index (χ2n) is 6.22. The number of nitrogens with one attached hydrogen (secondary N) is 1. The minimum Gasteiger partial charge on any atom is -0.352 e. The van der Waals surface area contributed by atoms with Crippen molar-refractivity contribution >= 4 is 29.0 Å². The van der Waals surface area contributed by atoms with Gasteiger partial charge >= 0.3 is 0 Å². The Balaban J connectivity index is 1.64. The summed E-state index contributed by atoms with van der Waals surface area (Å²) in [5.41, 5.74) is 0.985. The molecule has 1 amide bonds. The van der Waals surface area contributed by atoms with E-state index in [1.54, 1.807) is 11.3 Å². The molecule has 1 aromatic carbocycles. The minimum absolute atomic E-state index is 0.0482. The average molecular weight is 385 g/mol. The molecule has 26 heavy (non-hydrogen) atoms. The van der Waals surface area contributed by atoms with E-state index in [1.165, 1.54) is 11.8 Å². The van der Waals surface area contributed by atoms with Crippen LogP contribution in [0.4, 0.5) is 0 Å². The Hall–Kier alpha value is -2.12. The van der Waals surface area contributed by atoms with Crippen LogP contribution in [0, 0.1) is 0 Å². The maximum atomic E-state index is 12.8. The molecular formula is C19H20N4OS2. The Labute approximate surface area is 160 Å². The van der Waals surface area contributed by atoms with Gasteiger partial charge in [0.05, 0.1) is 4.88 Å². The van der Waals surface area contributed by atoms with E-state index in [0.717, 1.165) is 40.8 Å². The van der Waals surface area contributed by atoms with E-state index in [9.17, 15) is 4.79 Å². The first kappa shape index (κ1) is 17.3. The normalized spacial score (nSPS) is 15.0. The van der Waals surface area contributed by atoms with Gasteiger partial charge in [0, 0.05) is 12.6 Å². The molecule has 1 aliphatic rings. The molecule has 1 saturated carbocycles. The third kappa shape index (κ3) is 3.68. The largest absolute Gasteiger partial charge is 0.352 e. The smallest absolute Gasteiger partial charge is 0.238 e. The molecule has 0 saturated heterocycles. The second-order valence-corrected chi connectivity index (χ2v) is 8.24. The van der Waals surface area contributed by atoms with Crippen molar-refractivity contribution in [1.82, 2.24) is 20.1 Å². The van der Waals surface area contributed by atoms with Crippen molar-refractivity contribution in [1.29, 1.82) is 0 Å². The van der Waals surface area contributed by atoms with E-state index in [2.05, 4.69) is 27.0 Å². The van der Waals surface area contributed by atoms with Crippen LogP contribution >= 0.6 is 23.1 Å². The first-order chi connectivity index (χ1) is 12.8. The monoisotopic (exact) mass is 384 g/mol. The Bertz CT molecular complexity index is 872. The van der Waals surface area contributed by atoms with Gasteiger partial charge in [-0.2, -0.15) is 0 Å². The molecule has 0 unspecified atom stereocenters. The fourth-order valence-corrected chi connectivity index (χ4v) is 4.59. The number of nitrogens with zero attached hydrogens (tertiary/aromatic N) is 3. The van der Waals surface area contributed by atoms with Gasteiger partial charge in [-0.25, -0.2) is 0 Å². The first-order valence-corrected chi connectivity index (χ1v) is 10.5. The van der Waals surface area contributed by atoms with Gasteiger partial charge in [0.2, 0.25) is 5.91 Å². The van der Waals surface area contributed by atoms with Gasteiger partial charge in [-0.05, 0) is 36.8 Å². The quantitative estimate of drug-likeness (QED) is 0.622. The molecule has 2 heterocycles. The van der Waals surface area contributed by atoms with Crippen LogP contribution in [0.3, 0.4) is 0 Å². The van der Waals surface area contributed by atoms with E-state index in [-0.39, 0.29) is 11.2 Å². The van der Waals surface area contributed by atoms with Crippen LogP contribution in [0.5, 0.6) is 0 Å². The van der Waals surface area contributed by atoms with Crippen molar-refractivity contribution in [2.24, 2.45) is 0 Å². The van der Waals surface area contributed by atoms with E-state index in [0.29, 0.717) is 6.04 Å². The molecule has 0 radical (unpaired) electrons. The molecule has 2 aromatic heterocycles. The summed E-state index contributed by atoms with van der Waals surface area (Å²) in [5.74, 6) is 0.909. The fraction of sp³-hybridized carbons (Fsp3) is 0.316. The number of aromatic nitrogens is 3. The molecule has 134 valence electrons. The van der Waals surface area contributed by atoms with Gasteiger partial charge in [-0.3, -0.25) is 4.79 Å². The first-order valence-electron chi connectivity index (χ1n) is 8.75. The Morgan fingerprint density at radius 1 is 1.27 bits per heavy atom. The van der Waals surface area contributed by atoms with Crippen LogP contribution in [0.2, 0.25) is 0 Å². The van der Waals surface area contributed by atoms with E-state index >= 15 is 0 Å². The van der Waals surface area contributed by atoms with Gasteiger partial charge in [0.25, 0.3) is 0 Å². The van der Waals surface area contributed by atoms with Crippen molar-refractivity contribution < 1.29 is 4.79 Å². The highest BCUT2D eigenvalue weighted by molar-refractivity contribution is 8.00. The summed E-state index contributed by atoms with van der Waals surface area (Å²) in [6.07, 6.45) is 2.15. The van der Waals surface area contributed by atoms with Gasteiger partial charge in [0.1, 0.15) is 5.25 Å². The highest BCUT2D eigenvalue weighted by atomic mass is 32.2. The summed E-state index contributed by atoms with van der Waals surface area (Å²) in [7, 11) is 0. The predicted octanol–water partition coefficient (Wildman–Crippen LogP) is 4.14. The van der Waals surface area contributed by atoms with E-state index in [4.69, 9.17) is 0 Å². The number of hydrogen-bond donors (Lipinski definition) is 1. The zero-order valence-electron chi connectivity index (χ0n) is 14.5. The summed E-state index contributed by atoms with van der Waals surface area (Å²) in [5, 5.41) is 14.4. The molecule has 1 atom stereocenters. The molecule has 0 bridgehead atoms. The molecule has 0 aliphatic heterocycles. The summed E-state index contributed by atoms with van der Waals surface area (Å²) in [6.45, 7) is 2.83. The van der Waals surface area contributed by atoms with E-state index in [1.807, 2.05) is 47.8 Å². The minimum atomic E-state index is -0.331. The number of carbonyl (C=O) groups excluding carboxylic acids is 1. The molecule has 4 rings (SSSR count). The second kappa shape index (κ2) is 7.63. The zero-order chi connectivity index (χ0) is 17.9. The van der Waals surface area contributed by atoms with Gasteiger partial charge in [-0.15, -0.1) is 21.5 Å². The lowest BCUT2D eigenvalue weighted by Crippen LogP contribution is -2.30. The topological polar surface area (TPSA) is 59.8 Å². The average Bonchev–Trinajstić information content (AvgIpc) is 3.16. The molecule has 1 aliphatic carbocycles. The van der Waals surface area contributed by atoms with Crippen molar-refractivity contribution in [3.05, 3.63) is 53.4 Å². The molecule has 1 N–H and O–H groups in total. The van der Waals surface area contributed by atoms with Crippen LogP contribution in [-0.4, -0.2) is 26.7 Å². The van der Waals surface area contributed by atoms with Crippen LogP contribution in [0.1, 0.15) is 30.6 Å². The predicted molar refractivity (Wildman–Crippen MR) is 105 cm³/mol. The lowest BCUT2D eigenvalue weighted by molar-refractivity contribution is -0.120. The summed E-state index contributed by atoms with van der Waals surface area (Å²) < 4.78 is 2.08. The maximum absolute atomic E-state index is 12.8. The molecule has 3 aromatic rings. The number of benzene rings is 1. The fourth-order valence-electron chi connectivity index (χ4n) is 2.76. The van der Waals surface area contributed by atoms with Crippen LogP contribution < -0.4 is 5.32 Å². The Morgan fingerprint density at radius 3 is 2.73 bits per heavy atom. The Morgan fingerprint density at radius 2 is 2.08 bits per heavy atom. The number of hydrogen-bond acceptors (Lipinski definition) is 5. The third-order valence-electron chi connectivity index (χ3n) is 4.26. The maximum Gasteiger partial charge on any atom is 0.238 e. The lowest BCUT2D eigenvalue weighted by Gasteiger charge is -2.17. The number of carbonyl (C=O) groups is 1. The molecular weight excluding hydrogens is 364 g/mol. The summed E-state index contributed by atoms with van der Waals surface area (Å²) in [6, 6.07) is 14.3. The molecule has 5 nitrogen and oxygen atoms in total. The molecule has 7 heteroatoms. The molecule has 1 fully saturated rings. The van der Waals surface area contributed by atoms with E-state index < -0.39 is 0 Å². The molecule has 0 spiro atoms. The number of rotatable bonds is 7. The Kier molecular flexibility index (Phi) is 5.08. The van der Waals surface area contributed by atoms with Crippen LogP contribution in [0.15, 0.2) is 53.0 Å². The van der Waals surface area contributed by atoms with Gasteiger partial charge < -0.3 is 9.88 Å².